The summed E-state index contributed by atoms with van der Waals surface area (Å²) in [4.78, 5) is 9.41. The van der Waals surface area contributed by atoms with Gasteiger partial charge in [0.25, 0.3) is 0 Å². The monoisotopic (exact) mass is 87.1 g/mol. The molecule has 0 aliphatic heterocycles. The van der Waals surface area contributed by atoms with Crippen molar-refractivity contribution in [1.29, 1.82) is 0 Å². The van der Waals surface area contributed by atoms with E-state index in [4.69, 9.17) is 0 Å². The predicted molar refractivity (Wildman–Crippen MR) is 25.9 cm³/mol. The lowest BCUT2D eigenvalue weighted by molar-refractivity contribution is -0.104. The van der Waals surface area contributed by atoms with Gasteiger partial charge in [0.2, 0.25) is 0 Å². The van der Waals surface area contributed by atoms with Gasteiger partial charge in [-0.05, 0) is 12.5 Å². The molecule has 0 aliphatic carbocycles. The highest BCUT2D eigenvalue weighted by Gasteiger charge is 1.66. The van der Waals surface area contributed by atoms with Crippen LogP contribution in [0, 0.1) is 0 Å². The summed E-state index contributed by atoms with van der Waals surface area (Å²) in [5, 5.41) is 0. The molecule has 0 saturated heterocycles. The molecule has 2 nitrogen and oxygen atoms in total. The predicted octanol–water partition coefficient (Wildman–Crippen LogP) is 0.923. The van der Waals surface area contributed by atoms with Crippen molar-refractivity contribution in [1.82, 2.24) is 6.15 Å². The van der Waals surface area contributed by atoms with Gasteiger partial charge in [-0.15, -0.1) is 0 Å². The summed E-state index contributed by atoms with van der Waals surface area (Å²) in [5.41, 5.74) is 0.574. The fraction of sp³-hybridized carbons (Fsp3) is 0.250. The second-order valence-electron chi connectivity index (χ2n) is 0.964. The average Bonchev–Trinajstić information content (AvgIpc) is 1.38. The molecule has 0 aliphatic rings. The molecule has 0 aromatic rings. The summed E-state index contributed by atoms with van der Waals surface area (Å²) >= 11 is 0. The standard InChI is InChI=1S/C4H6O.H3N/c1-4(2)3-5;/h3H,1H2,2H3;1H3. The van der Waals surface area contributed by atoms with E-state index in [1.807, 2.05) is 0 Å². The maximum absolute atomic E-state index is 9.41. The summed E-state index contributed by atoms with van der Waals surface area (Å²) in [6.07, 6.45) is 0.722. The molecule has 0 radical (unpaired) electrons. The minimum absolute atomic E-state index is 0. The van der Waals surface area contributed by atoms with Crippen LogP contribution in [-0.4, -0.2) is 6.29 Å². The highest BCUT2D eigenvalue weighted by Crippen LogP contribution is 1.70. The lowest BCUT2D eigenvalue weighted by Crippen LogP contribution is -1.65. The van der Waals surface area contributed by atoms with Crippen molar-refractivity contribution in [2.45, 2.75) is 6.92 Å². The lowest BCUT2D eigenvalue weighted by Gasteiger charge is -1.65. The zero-order valence-corrected chi connectivity index (χ0v) is 3.90. The van der Waals surface area contributed by atoms with Crippen LogP contribution in [0.5, 0.6) is 0 Å². The molecule has 36 valence electrons. The molecule has 0 bridgehead atoms. The van der Waals surface area contributed by atoms with E-state index in [9.17, 15) is 4.79 Å². The molecule has 6 heavy (non-hydrogen) atoms. The Bertz CT molecular complexity index is 58.6. The molecule has 0 aromatic carbocycles. The fourth-order valence-electron chi connectivity index (χ4n) is 0. The third-order valence-electron chi connectivity index (χ3n) is 0.201. The molecule has 2 heteroatoms. The maximum atomic E-state index is 9.41. The number of carbonyl (C=O) groups is 1. The van der Waals surface area contributed by atoms with Gasteiger partial charge in [0.15, 0.2) is 0 Å². The van der Waals surface area contributed by atoms with Crippen LogP contribution in [0.4, 0.5) is 0 Å². The third kappa shape index (κ3) is 10.1. The van der Waals surface area contributed by atoms with E-state index in [1.54, 1.807) is 6.92 Å². The Hall–Kier alpha value is -0.630. The third-order valence-corrected chi connectivity index (χ3v) is 0.201. The number of rotatable bonds is 1. The van der Waals surface area contributed by atoms with Gasteiger partial charge in [-0.3, -0.25) is 4.79 Å². The van der Waals surface area contributed by atoms with Crippen LogP contribution >= 0.6 is 0 Å². The molecule has 0 fully saturated rings. The van der Waals surface area contributed by atoms with E-state index in [1.165, 1.54) is 0 Å². The minimum Gasteiger partial charge on any atom is -0.344 e. The van der Waals surface area contributed by atoms with Crippen LogP contribution in [0.1, 0.15) is 6.92 Å². The van der Waals surface area contributed by atoms with Crippen molar-refractivity contribution >= 4 is 6.29 Å². The zero-order valence-electron chi connectivity index (χ0n) is 3.90. The Labute approximate surface area is 37.4 Å². The quantitative estimate of drug-likeness (QED) is 0.382. The first-order valence-corrected chi connectivity index (χ1v) is 1.38. The second kappa shape index (κ2) is 4.37. The van der Waals surface area contributed by atoms with Crippen molar-refractivity contribution in [2.24, 2.45) is 0 Å². The van der Waals surface area contributed by atoms with E-state index in [2.05, 4.69) is 6.58 Å². The lowest BCUT2D eigenvalue weighted by atomic mass is 10.4. The van der Waals surface area contributed by atoms with Crippen LogP contribution in [-0.2, 0) is 4.79 Å². The first-order chi connectivity index (χ1) is 2.27. The van der Waals surface area contributed by atoms with Gasteiger partial charge < -0.3 is 6.15 Å². The molecule has 0 spiro atoms. The van der Waals surface area contributed by atoms with E-state index >= 15 is 0 Å². The number of aldehydes is 1. The first kappa shape index (κ1) is 9.03. The van der Waals surface area contributed by atoms with Gasteiger partial charge in [0, 0.05) is 0 Å². The summed E-state index contributed by atoms with van der Waals surface area (Å²) in [6.45, 7) is 4.97. The number of allylic oxidation sites excluding steroid dienone is 1. The van der Waals surface area contributed by atoms with Crippen molar-refractivity contribution < 1.29 is 4.79 Å². The summed E-state index contributed by atoms with van der Waals surface area (Å²) < 4.78 is 0. The van der Waals surface area contributed by atoms with Crippen molar-refractivity contribution in [3.05, 3.63) is 12.2 Å². The largest absolute Gasteiger partial charge is 0.344 e. The average molecular weight is 87.1 g/mol. The molecule has 0 unspecified atom stereocenters. The topological polar surface area (TPSA) is 52.1 Å². The molecule has 0 atom stereocenters. The first-order valence-electron chi connectivity index (χ1n) is 1.38. The maximum Gasteiger partial charge on any atom is 0.145 e. The van der Waals surface area contributed by atoms with Crippen molar-refractivity contribution in [2.75, 3.05) is 0 Å². The molecule has 3 N–H and O–H groups in total. The summed E-state index contributed by atoms with van der Waals surface area (Å²) in [7, 11) is 0. The normalized spacial score (nSPS) is 5.50. The Morgan fingerprint density at radius 2 is 2.00 bits per heavy atom. The Kier molecular flexibility index (Phi) is 6.58. The van der Waals surface area contributed by atoms with Crippen LogP contribution < -0.4 is 6.15 Å². The zero-order chi connectivity index (χ0) is 4.28. The van der Waals surface area contributed by atoms with E-state index in [0.29, 0.717) is 5.57 Å². The highest BCUT2D eigenvalue weighted by molar-refractivity contribution is 5.70. The molecule has 0 rings (SSSR count). The van der Waals surface area contributed by atoms with Crippen molar-refractivity contribution in [3.63, 3.8) is 0 Å². The smallest absolute Gasteiger partial charge is 0.145 e. The minimum atomic E-state index is 0. The van der Waals surface area contributed by atoms with Crippen LogP contribution in [0.2, 0.25) is 0 Å². The van der Waals surface area contributed by atoms with Gasteiger partial charge in [0.1, 0.15) is 6.29 Å². The number of carbonyl (C=O) groups excluding carboxylic acids is 1. The summed E-state index contributed by atoms with van der Waals surface area (Å²) in [5.74, 6) is 0. The van der Waals surface area contributed by atoms with E-state index < -0.39 is 0 Å². The van der Waals surface area contributed by atoms with E-state index in [0.717, 1.165) is 6.29 Å². The SMILES string of the molecule is C=C(C)C=O.N. The van der Waals surface area contributed by atoms with Crippen LogP contribution in [0.15, 0.2) is 12.2 Å². The Morgan fingerprint density at radius 3 is 2.00 bits per heavy atom. The van der Waals surface area contributed by atoms with Gasteiger partial charge >= 0.3 is 0 Å². The number of hydrogen-bond donors (Lipinski definition) is 1. The van der Waals surface area contributed by atoms with Gasteiger partial charge in [-0.1, -0.05) is 6.58 Å². The van der Waals surface area contributed by atoms with Crippen molar-refractivity contribution in [3.8, 4) is 0 Å². The van der Waals surface area contributed by atoms with Crippen LogP contribution in [0.3, 0.4) is 0 Å². The highest BCUT2D eigenvalue weighted by atomic mass is 16.1. The molecule has 0 amide bonds. The van der Waals surface area contributed by atoms with Gasteiger partial charge in [-0.2, -0.15) is 0 Å². The summed E-state index contributed by atoms with van der Waals surface area (Å²) in [6, 6.07) is 0. The van der Waals surface area contributed by atoms with Gasteiger partial charge in [-0.25, -0.2) is 0 Å². The van der Waals surface area contributed by atoms with Gasteiger partial charge in [0.05, 0.1) is 0 Å². The molecule has 0 saturated carbocycles. The van der Waals surface area contributed by atoms with Crippen LogP contribution in [0.25, 0.3) is 0 Å². The molecule has 0 aromatic heterocycles. The Balaban J connectivity index is 0. The number of hydrogen-bond acceptors (Lipinski definition) is 2. The fourth-order valence-corrected chi connectivity index (χ4v) is 0. The molecular weight excluding hydrogens is 78.0 g/mol. The Morgan fingerprint density at radius 1 is 1.83 bits per heavy atom. The van der Waals surface area contributed by atoms with E-state index in [-0.39, 0.29) is 6.15 Å². The molecule has 0 heterocycles. The molecular formula is C4H9NO. The second-order valence-corrected chi connectivity index (χ2v) is 0.964.